The van der Waals surface area contributed by atoms with Crippen molar-refractivity contribution in [3.05, 3.63) is 82.0 Å². The van der Waals surface area contributed by atoms with Gasteiger partial charge in [0.2, 0.25) is 0 Å². The van der Waals surface area contributed by atoms with E-state index in [1.165, 1.54) is 22.8 Å². The van der Waals surface area contributed by atoms with Crippen LogP contribution in [0.2, 0.25) is 0 Å². The number of benzene rings is 2. The molecule has 0 unspecified atom stereocenters. The maximum absolute atomic E-state index is 14.8. The maximum atomic E-state index is 14.8. The number of urea groups is 1. The highest BCUT2D eigenvalue weighted by molar-refractivity contribution is 6.00. The summed E-state index contributed by atoms with van der Waals surface area (Å²) in [6.07, 6.45) is 1.55. The molecule has 0 aliphatic carbocycles. The quantitative estimate of drug-likeness (QED) is 0.352. The molecule has 2 aromatic carbocycles. The molecule has 35 heavy (non-hydrogen) atoms. The monoisotopic (exact) mass is 481 g/mol. The Hall–Kier alpha value is -4.34. The molecule has 10 heteroatoms. The highest BCUT2D eigenvalue weighted by atomic mass is 19.1. The first kappa shape index (κ1) is 23.8. The van der Waals surface area contributed by atoms with E-state index in [1.54, 1.807) is 33.2 Å². The smallest absolute Gasteiger partial charge is 0.323 e. The zero-order valence-corrected chi connectivity index (χ0v) is 19.2. The van der Waals surface area contributed by atoms with Crippen LogP contribution in [-0.4, -0.2) is 22.6 Å². The number of carbonyl (C=O) groups excluding carboxylic acids is 1. The Bertz CT molecular complexity index is 1500. The van der Waals surface area contributed by atoms with Crippen LogP contribution in [0.4, 0.5) is 35.2 Å². The van der Waals surface area contributed by atoms with Gasteiger partial charge in [0, 0.05) is 48.6 Å². The summed E-state index contributed by atoms with van der Waals surface area (Å²) >= 11 is 0. The lowest BCUT2D eigenvalue weighted by molar-refractivity contribution is 0.262. The number of aromatic nitrogens is 2. The normalized spacial score (nSPS) is 10.9. The predicted octanol–water partition coefficient (Wildman–Crippen LogP) is 5.49. The standard InChI is InChI=1S/C25H22F3N5O2/c1-4-33-22-11-23(29-3)30-12-14(22)7-18(24(33)34)17-9-21(20(28)10-19(17)27)32-25(35)31-16-6-13(2)5-15(26)8-16/h5-12H,4H2,1-3H3,(H,29,30)(H2,31,32,35). The first-order valence-corrected chi connectivity index (χ1v) is 10.8. The largest absolute Gasteiger partial charge is 0.373 e. The van der Waals surface area contributed by atoms with Crippen molar-refractivity contribution in [1.82, 2.24) is 9.55 Å². The van der Waals surface area contributed by atoms with Gasteiger partial charge in [-0.2, -0.15) is 0 Å². The molecule has 0 atom stereocenters. The average molecular weight is 481 g/mol. The summed E-state index contributed by atoms with van der Waals surface area (Å²) in [5, 5.41) is 8.19. The van der Waals surface area contributed by atoms with Gasteiger partial charge < -0.3 is 20.5 Å². The van der Waals surface area contributed by atoms with E-state index in [-0.39, 0.29) is 22.5 Å². The molecule has 7 nitrogen and oxygen atoms in total. The first-order chi connectivity index (χ1) is 16.7. The molecule has 4 aromatic rings. The summed E-state index contributed by atoms with van der Waals surface area (Å²) in [7, 11) is 1.70. The Morgan fingerprint density at radius 2 is 1.74 bits per heavy atom. The molecule has 2 aromatic heterocycles. The van der Waals surface area contributed by atoms with E-state index in [4.69, 9.17) is 0 Å². The van der Waals surface area contributed by atoms with Crippen LogP contribution in [0.1, 0.15) is 12.5 Å². The van der Waals surface area contributed by atoms with Crippen LogP contribution in [0.3, 0.4) is 0 Å². The molecule has 2 heterocycles. The lowest BCUT2D eigenvalue weighted by Crippen LogP contribution is -2.23. The second-order valence-corrected chi connectivity index (χ2v) is 7.89. The van der Waals surface area contributed by atoms with Crippen molar-refractivity contribution in [3.63, 3.8) is 0 Å². The van der Waals surface area contributed by atoms with Gasteiger partial charge in [0.15, 0.2) is 0 Å². The Labute approximate surface area is 198 Å². The van der Waals surface area contributed by atoms with Crippen molar-refractivity contribution in [3.8, 4) is 11.1 Å². The minimum Gasteiger partial charge on any atom is -0.373 e. The Morgan fingerprint density at radius 3 is 2.43 bits per heavy atom. The van der Waals surface area contributed by atoms with Crippen LogP contribution in [0, 0.1) is 24.4 Å². The molecule has 0 saturated carbocycles. The minimum atomic E-state index is -1.03. The van der Waals surface area contributed by atoms with Crippen LogP contribution < -0.4 is 21.5 Å². The number of pyridine rings is 2. The fourth-order valence-corrected chi connectivity index (χ4v) is 3.86. The zero-order valence-electron chi connectivity index (χ0n) is 19.2. The number of fused-ring (bicyclic) bond motifs is 1. The van der Waals surface area contributed by atoms with Gasteiger partial charge in [-0.25, -0.2) is 22.9 Å². The van der Waals surface area contributed by atoms with Crippen molar-refractivity contribution >= 4 is 34.1 Å². The number of hydrogen-bond donors (Lipinski definition) is 3. The van der Waals surface area contributed by atoms with E-state index in [2.05, 4.69) is 20.9 Å². The number of halogens is 3. The number of hydrogen-bond acceptors (Lipinski definition) is 4. The average Bonchev–Trinajstić information content (AvgIpc) is 2.79. The van der Waals surface area contributed by atoms with Crippen molar-refractivity contribution in [2.24, 2.45) is 0 Å². The summed E-state index contributed by atoms with van der Waals surface area (Å²) in [6.45, 7) is 3.73. The molecule has 0 saturated heterocycles. The van der Waals surface area contributed by atoms with Crippen molar-refractivity contribution < 1.29 is 18.0 Å². The number of nitrogens with zero attached hydrogens (tertiary/aromatic N) is 2. The maximum Gasteiger partial charge on any atom is 0.323 e. The molecule has 180 valence electrons. The molecule has 0 spiro atoms. The molecule has 0 aliphatic rings. The highest BCUT2D eigenvalue weighted by Crippen LogP contribution is 2.29. The lowest BCUT2D eigenvalue weighted by Gasteiger charge is -2.14. The topological polar surface area (TPSA) is 88.1 Å². The fraction of sp³-hybridized carbons (Fsp3) is 0.160. The summed E-state index contributed by atoms with van der Waals surface area (Å²) in [5.41, 5.74) is 0.316. The molecule has 0 bridgehead atoms. The fourth-order valence-electron chi connectivity index (χ4n) is 3.86. The van der Waals surface area contributed by atoms with E-state index < -0.39 is 29.0 Å². The van der Waals surface area contributed by atoms with Gasteiger partial charge in [0.05, 0.1) is 16.8 Å². The van der Waals surface area contributed by atoms with Gasteiger partial charge in [-0.05, 0) is 49.7 Å². The van der Waals surface area contributed by atoms with Crippen LogP contribution in [0.25, 0.3) is 22.0 Å². The molecule has 0 fully saturated rings. The van der Waals surface area contributed by atoms with Gasteiger partial charge in [-0.15, -0.1) is 0 Å². The van der Waals surface area contributed by atoms with Crippen molar-refractivity contribution in [1.29, 1.82) is 0 Å². The number of anilines is 3. The second-order valence-electron chi connectivity index (χ2n) is 7.89. The summed E-state index contributed by atoms with van der Waals surface area (Å²) in [5.74, 6) is -1.98. The van der Waals surface area contributed by atoms with E-state index in [0.29, 0.717) is 34.9 Å². The summed E-state index contributed by atoms with van der Waals surface area (Å²) in [6, 6.07) is 7.90. The number of nitrogens with one attached hydrogen (secondary N) is 3. The lowest BCUT2D eigenvalue weighted by atomic mass is 10.0. The minimum absolute atomic E-state index is 0.0138. The van der Waals surface area contributed by atoms with E-state index in [9.17, 15) is 22.8 Å². The van der Waals surface area contributed by atoms with Gasteiger partial charge in [-0.1, -0.05) is 0 Å². The van der Waals surface area contributed by atoms with Gasteiger partial charge in [0.25, 0.3) is 5.56 Å². The predicted molar refractivity (Wildman–Crippen MR) is 130 cm³/mol. The van der Waals surface area contributed by atoms with Crippen molar-refractivity contribution in [2.45, 2.75) is 20.4 Å². The van der Waals surface area contributed by atoms with Gasteiger partial charge in [-0.3, -0.25) is 4.79 Å². The Kier molecular flexibility index (Phi) is 6.46. The summed E-state index contributed by atoms with van der Waals surface area (Å²) in [4.78, 5) is 29.9. The molecule has 0 aliphatic heterocycles. The number of rotatable bonds is 5. The molecule has 4 rings (SSSR count). The first-order valence-electron chi connectivity index (χ1n) is 10.8. The molecule has 0 radical (unpaired) electrons. The third kappa shape index (κ3) is 4.81. The van der Waals surface area contributed by atoms with Gasteiger partial charge >= 0.3 is 6.03 Å². The van der Waals surface area contributed by atoms with Crippen molar-refractivity contribution in [2.75, 3.05) is 23.0 Å². The third-order valence-electron chi connectivity index (χ3n) is 5.45. The second kappa shape index (κ2) is 9.49. The summed E-state index contributed by atoms with van der Waals surface area (Å²) < 4.78 is 44.4. The Morgan fingerprint density at radius 1 is 0.971 bits per heavy atom. The number of carbonyl (C=O) groups is 1. The highest BCUT2D eigenvalue weighted by Gasteiger charge is 2.18. The number of amides is 2. The van der Waals surface area contributed by atoms with Crippen LogP contribution in [0.5, 0.6) is 0 Å². The SMILES string of the molecule is CCn1c(=O)c(-c2cc(NC(=O)Nc3cc(C)cc(F)c3)c(F)cc2F)cc2cnc(NC)cc21. The Balaban J connectivity index is 1.74. The van der Waals surface area contributed by atoms with E-state index in [0.717, 1.165) is 12.1 Å². The van der Waals surface area contributed by atoms with Crippen LogP contribution >= 0.6 is 0 Å². The van der Waals surface area contributed by atoms with Crippen LogP contribution in [-0.2, 0) is 6.54 Å². The zero-order chi connectivity index (χ0) is 25.3. The number of aryl methyl sites for hydroxylation is 2. The van der Waals surface area contributed by atoms with Gasteiger partial charge in [0.1, 0.15) is 23.3 Å². The van der Waals surface area contributed by atoms with E-state index >= 15 is 0 Å². The molecular weight excluding hydrogens is 459 g/mol. The third-order valence-corrected chi connectivity index (χ3v) is 5.45. The molecule has 2 amide bonds. The van der Waals surface area contributed by atoms with Crippen LogP contribution in [0.15, 0.2) is 53.5 Å². The van der Waals surface area contributed by atoms with E-state index in [1.807, 2.05) is 0 Å². The molecule has 3 N–H and O–H groups in total. The molecular formula is C25H22F3N5O2.